The maximum Gasteiger partial charge on any atom is 0.262 e. The Morgan fingerprint density at radius 2 is 2.05 bits per heavy atom. The summed E-state index contributed by atoms with van der Waals surface area (Å²) in [4.78, 5) is 18.1. The first-order chi connectivity index (χ1) is 10.6. The average molecular weight is 334 g/mol. The Hall–Kier alpha value is -2.19. The summed E-state index contributed by atoms with van der Waals surface area (Å²) in [6.45, 7) is 1.86. The lowest BCUT2D eigenvalue weighted by Crippen LogP contribution is -2.26. The third-order valence-electron chi connectivity index (χ3n) is 2.93. The van der Waals surface area contributed by atoms with E-state index in [-0.39, 0.29) is 5.56 Å². The van der Waals surface area contributed by atoms with Crippen LogP contribution < -0.4 is 4.90 Å². The van der Waals surface area contributed by atoms with Gasteiger partial charge >= 0.3 is 0 Å². The Morgan fingerprint density at radius 1 is 1.27 bits per heavy atom. The number of amides is 1. The summed E-state index contributed by atoms with van der Waals surface area (Å²) < 4.78 is 13.7. The first kappa shape index (κ1) is 14.7. The fraction of sp³-hybridized carbons (Fsp3) is 0.143. The number of nitrogens with zero attached hydrogens (tertiary/aromatic N) is 4. The van der Waals surface area contributed by atoms with Gasteiger partial charge in [-0.1, -0.05) is 23.5 Å². The minimum atomic E-state index is -0.545. The highest BCUT2D eigenvalue weighted by molar-refractivity contribution is 7.16. The highest BCUT2D eigenvalue weighted by atomic mass is 32.1. The molecule has 0 aliphatic rings. The molecule has 0 aliphatic heterocycles. The van der Waals surface area contributed by atoms with Crippen LogP contribution in [0.1, 0.15) is 15.4 Å². The lowest BCUT2D eigenvalue weighted by atomic mass is 10.2. The molecule has 0 atom stereocenters. The molecule has 0 N–H and O–H groups in total. The predicted molar refractivity (Wildman–Crippen MR) is 84.9 cm³/mol. The van der Waals surface area contributed by atoms with Gasteiger partial charge in [-0.3, -0.25) is 9.69 Å². The van der Waals surface area contributed by atoms with Gasteiger partial charge in [0.1, 0.15) is 16.5 Å². The largest absolute Gasteiger partial charge is 0.287 e. The number of hydrogen-bond donors (Lipinski definition) is 0. The minimum Gasteiger partial charge on any atom is -0.287 e. The standard InChI is InChI=1S/C14H11FN4OS2/c1-8-17-18-12(22-8)11-7-21-14(16-11)19(2)13(20)9-5-3-4-6-10(9)15/h3-7H,1-2H3. The molecule has 3 aromatic rings. The zero-order valence-electron chi connectivity index (χ0n) is 11.8. The van der Waals surface area contributed by atoms with E-state index in [2.05, 4.69) is 15.2 Å². The summed E-state index contributed by atoms with van der Waals surface area (Å²) in [6, 6.07) is 5.89. The summed E-state index contributed by atoms with van der Waals surface area (Å²) in [5.74, 6) is -0.983. The summed E-state index contributed by atoms with van der Waals surface area (Å²) in [6.07, 6.45) is 0. The van der Waals surface area contributed by atoms with Crippen molar-refractivity contribution in [3.05, 3.63) is 46.0 Å². The van der Waals surface area contributed by atoms with Gasteiger partial charge < -0.3 is 0 Å². The number of thiazole rings is 1. The summed E-state index contributed by atoms with van der Waals surface area (Å²) in [5, 5.41) is 11.8. The van der Waals surface area contributed by atoms with Crippen molar-refractivity contribution < 1.29 is 9.18 Å². The molecule has 22 heavy (non-hydrogen) atoms. The van der Waals surface area contributed by atoms with E-state index in [1.54, 1.807) is 24.6 Å². The third kappa shape index (κ3) is 2.75. The SMILES string of the molecule is Cc1nnc(-c2csc(N(C)C(=O)c3ccccc3F)n2)s1. The second-order valence-electron chi connectivity index (χ2n) is 4.49. The van der Waals surface area contributed by atoms with Gasteiger partial charge in [0.05, 0.1) is 5.56 Å². The molecule has 1 aromatic carbocycles. The number of rotatable bonds is 3. The Bertz CT molecular complexity index is 830. The predicted octanol–water partition coefficient (Wildman–Crippen LogP) is 3.39. The van der Waals surface area contributed by atoms with Crippen LogP contribution in [-0.4, -0.2) is 28.1 Å². The zero-order valence-corrected chi connectivity index (χ0v) is 13.4. The number of hydrogen-bond acceptors (Lipinski definition) is 6. The van der Waals surface area contributed by atoms with E-state index >= 15 is 0 Å². The fourth-order valence-electron chi connectivity index (χ4n) is 1.82. The van der Waals surface area contributed by atoms with Gasteiger partial charge in [-0.15, -0.1) is 21.5 Å². The Balaban J connectivity index is 1.87. The molecule has 0 radical (unpaired) electrons. The fourth-order valence-corrected chi connectivity index (χ4v) is 3.32. The van der Waals surface area contributed by atoms with Crippen LogP contribution in [0.15, 0.2) is 29.6 Å². The number of carbonyl (C=O) groups is 1. The second-order valence-corrected chi connectivity index (χ2v) is 6.50. The molecular formula is C14H11FN4OS2. The summed E-state index contributed by atoms with van der Waals surface area (Å²) in [7, 11) is 1.57. The van der Waals surface area contributed by atoms with Gasteiger partial charge in [0.15, 0.2) is 10.1 Å². The quantitative estimate of drug-likeness (QED) is 0.737. The molecule has 5 nitrogen and oxygen atoms in total. The van der Waals surface area contributed by atoms with E-state index in [1.165, 1.54) is 39.7 Å². The lowest BCUT2D eigenvalue weighted by Gasteiger charge is -2.13. The van der Waals surface area contributed by atoms with Gasteiger partial charge in [0.25, 0.3) is 5.91 Å². The summed E-state index contributed by atoms with van der Waals surface area (Å²) in [5.41, 5.74) is 0.687. The average Bonchev–Trinajstić information content (AvgIpc) is 3.15. The lowest BCUT2D eigenvalue weighted by molar-refractivity contribution is 0.0989. The molecule has 0 aliphatic carbocycles. The molecule has 8 heteroatoms. The first-order valence-corrected chi connectivity index (χ1v) is 8.04. The van der Waals surface area contributed by atoms with E-state index in [9.17, 15) is 9.18 Å². The van der Waals surface area contributed by atoms with Gasteiger partial charge in [-0.05, 0) is 19.1 Å². The monoisotopic (exact) mass is 334 g/mol. The van der Waals surface area contributed by atoms with E-state index < -0.39 is 11.7 Å². The van der Waals surface area contributed by atoms with Gasteiger partial charge in [0.2, 0.25) is 0 Å². The highest BCUT2D eigenvalue weighted by Crippen LogP contribution is 2.29. The van der Waals surface area contributed by atoms with Crippen molar-refractivity contribution in [2.45, 2.75) is 6.92 Å². The van der Waals surface area contributed by atoms with Crippen LogP contribution in [0.3, 0.4) is 0 Å². The molecule has 2 aromatic heterocycles. The van der Waals surface area contributed by atoms with Crippen molar-refractivity contribution >= 4 is 33.7 Å². The first-order valence-electron chi connectivity index (χ1n) is 6.35. The molecule has 0 saturated heterocycles. The van der Waals surface area contributed by atoms with Gasteiger partial charge in [0, 0.05) is 12.4 Å². The molecule has 0 saturated carbocycles. The molecule has 1 amide bonds. The van der Waals surface area contributed by atoms with Crippen molar-refractivity contribution in [3.8, 4) is 10.7 Å². The van der Waals surface area contributed by atoms with E-state index in [1.807, 2.05) is 6.92 Å². The maximum absolute atomic E-state index is 13.7. The molecule has 0 unspecified atom stereocenters. The minimum absolute atomic E-state index is 0.0218. The van der Waals surface area contributed by atoms with E-state index in [4.69, 9.17) is 0 Å². The number of aromatic nitrogens is 3. The molecule has 0 fully saturated rings. The van der Waals surface area contributed by atoms with Crippen molar-refractivity contribution in [1.29, 1.82) is 0 Å². The van der Waals surface area contributed by atoms with E-state index in [0.717, 1.165) is 5.01 Å². The topological polar surface area (TPSA) is 59.0 Å². The Morgan fingerprint density at radius 3 is 2.73 bits per heavy atom. The Kier molecular flexibility index (Phi) is 3.95. The van der Waals surface area contributed by atoms with Crippen LogP contribution in [0.2, 0.25) is 0 Å². The molecule has 112 valence electrons. The molecule has 0 spiro atoms. The van der Waals surface area contributed by atoms with Crippen molar-refractivity contribution in [3.63, 3.8) is 0 Å². The molecule has 2 heterocycles. The molecule has 3 rings (SSSR count). The zero-order chi connectivity index (χ0) is 15.7. The van der Waals surface area contributed by atoms with Crippen molar-refractivity contribution in [2.75, 3.05) is 11.9 Å². The second kappa shape index (κ2) is 5.90. The normalized spacial score (nSPS) is 10.7. The van der Waals surface area contributed by atoms with Crippen LogP contribution in [-0.2, 0) is 0 Å². The molecule has 0 bridgehead atoms. The van der Waals surface area contributed by atoms with Crippen LogP contribution in [0.25, 0.3) is 10.7 Å². The summed E-state index contributed by atoms with van der Waals surface area (Å²) >= 11 is 2.73. The van der Waals surface area contributed by atoms with Crippen LogP contribution in [0.5, 0.6) is 0 Å². The highest BCUT2D eigenvalue weighted by Gasteiger charge is 2.20. The number of halogens is 1. The van der Waals surface area contributed by atoms with E-state index in [0.29, 0.717) is 15.8 Å². The number of carbonyl (C=O) groups excluding carboxylic acids is 1. The number of aryl methyl sites for hydroxylation is 1. The van der Waals surface area contributed by atoms with Gasteiger partial charge in [-0.25, -0.2) is 9.37 Å². The maximum atomic E-state index is 13.7. The molecular weight excluding hydrogens is 323 g/mol. The number of benzene rings is 1. The number of anilines is 1. The van der Waals surface area contributed by atoms with Gasteiger partial charge in [-0.2, -0.15) is 0 Å². The Labute approximate surface area is 134 Å². The third-order valence-corrected chi connectivity index (χ3v) is 4.71. The smallest absolute Gasteiger partial charge is 0.262 e. The van der Waals surface area contributed by atoms with Crippen LogP contribution in [0.4, 0.5) is 9.52 Å². The van der Waals surface area contributed by atoms with Crippen molar-refractivity contribution in [2.24, 2.45) is 0 Å². The van der Waals surface area contributed by atoms with Crippen LogP contribution >= 0.6 is 22.7 Å². The van der Waals surface area contributed by atoms with Crippen molar-refractivity contribution in [1.82, 2.24) is 15.2 Å². The van der Waals surface area contributed by atoms with Crippen LogP contribution in [0, 0.1) is 12.7 Å².